The van der Waals surface area contributed by atoms with Crippen molar-refractivity contribution in [2.75, 3.05) is 13.2 Å². The molecular weight excluding hydrogens is 568 g/mol. The van der Waals surface area contributed by atoms with E-state index >= 15 is 0 Å². The Labute approximate surface area is 273 Å². The first kappa shape index (κ1) is 40.8. The molecule has 1 rings (SSSR count). The van der Waals surface area contributed by atoms with Gasteiger partial charge in [-0.05, 0) is 50.0 Å². The number of rotatable bonds is 28. The monoisotopic (exact) mass is 632 g/mol. The average Bonchev–Trinajstić information content (AvgIpc) is 3.38. The Morgan fingerprint density at radius 3 is 2.07 bits per heavy atom. The molecule has 0 aromatic carbocycles. The minimum Gasteiger partial charge on any atom is -0.463 e. The molecule has 0 aromatic heterocycles. The van der Waals surface area contributed by atoms with Crippen molar-refractivity contribution in [3.8, 4) is 0 Å². The molecule has 1 unspecified atom stereocenters. The number of aliphatic hydroxyl groups excluding tert-OH is 2. The molecule has 7 nitrogen and oxygen atoms in total. The summed E-state index contributed by atoms with van der Waals surface area (Å²) in [7, 11) is 0. The molecule has 0 spiro atoms. The summed E-state index contributed by atoms with van der Waals surface area (Å²) in [5, 5.41) is 20.1. The normalized spacial score (nSPS) is 18.6. The van der Waals surface area contributed by atoms with Crippen molar-refractivity contribution in [1.82, 2.24) is 0 Å². The van der Waals surface area contributed by atoms with Gasteiger partial charge in [-0.2, -0.15) is 0 Å². The largest absolute Gasteiger partial charge is 0.463 e. The van der Waals surface area contributed by atoms with Gasteiger partial charge in [0.15, 0.2) is 5.78 Å². The van der Waals surface area contributed by atoms with E-state index in [0.717, 1.165) is 57.3 Å². The summed E-state index contributed by atoms with van der Waals surface area (Å²) >= 11 is 0. The first-order valence-corrected chi connectivity index (χ1v) is 18.0. The van der Waals surface area contributed by atoms with Crippen LogP contribution in [-0.2, 0) is 23.9 Å². The van der Waals surface area contributed by atoms with Crippen molar-refractivity contribution in [1.29, 1.82) is 0 Å². The molecule has 5 atom stereocenters. The van der Waals surface area contributed by atoms with E-state index < -0.39 is 18.2 Å². The molecule has 45 heavy (non-hydrogen) atoms. The predicted octanol–water partition coefficient (Wildman–Crippen LogP) is 8.37. The number of hydrogen-bond donors (Lipinski definition) is 2. The van der Waals surface area contributed by atoms with Crippen molar-refractivity contribution in [3.63, 3.8) is 0 Å². The second kappa shape index (κ2) is 26.9. The number of ketones is 1. The van der Waals surface area contributed by atoms with Crippen molar-refractivity contribution in [3.05, 3.63) is 36.5 Å². The summed E-state index contributed by atoms with van der Waals surface area (Å²) in [5.74, 6) is 0.0515. The summed E-state index contributed by atoms with van der Waals surface area (Å²) in [6.45, 7) is 6.35. The number of ether oxygens (including phenoxy) is 2. The van der Waals surface area contributed by atoms with Crippen LogP contribution in [0.2, 0.25) is 0 Å². The summed E-state index contributed by atoms with van der Waals surface area (Å²) < 4.78 is 10.3. The second-order valence-corrected chi connectivity index (χ2v) is 12.9. The molecule has 0 bridgehead atoms. The summed E-state index contributed by atoms with van der Waals surface area (Å²) in [6.07, 6.45) is 28.2. The van der Waals surface area contributed by atoms with Gasteiger partial charge in [0.05, 0.1) is 6.10 Å². The van der Waals surface area contributed by atoms with Gasteiger partial charge < -0.3 is 19.7 Å². The zero-order valence-corrected chi connectivity index (χ0v) is 28.6. The molecule has 0 saturated carbocycles. The third-order valence-electron chi connectivity index (χ3n) is 8.67. The number of aliphatic hydroxyl groups is 2. The molecule has 1 aliphatic carbocycles. The van der Waals surface area contributed by atoms with Gasteiger partial charge in [-0.1, -0.05) is 128 Å². The van der Waals surface area contributed by atoms with Crippen LogP contribution in [0.3, 0.4) is 0 Å². The topological polar surface area (TPSA) is 110 Å². The molecule has 258 valence electrons. The Bertz CT molecular complexity index is 877. The number of carbonyl (C=O) groups excluding carboxylic acids is 3. The summed E-state index contributed by atoms with van der Waals surface area (Å²) in [6, 6.07) is 0. The fraction of sp³-hybridized carbons (Fsp3) is 0.763. The third kappa shape index (κ3) is 22.0. The molecule has 0 aromatic rings. The lowest BCUT2D eigenvalue weighted by molar-refractivity contribution is -0.152. The van der Waals surface area contributed by atoms with Crippen LogP contribution in [0.1, 0.15) is 143 Å². The Morgan fingerprint density at radius 2 is 1.42 bits per heavy atom. The molecule has 0 fully saturated rings. The van der Waals surface area contributed by atoms with E-state index in [2.05, 4.69) is 20.8 Å². The lowest BCUT2D eigenvalue weighted by Gasteiger charge is -2.13. The molecule has 0 heterocycles. The van der Waals surface area contributed by atoms with Gasteiger partial charge in [-0.25, -0.2) is 0 Å². The van der Waals surface area contributed by atoms with Crippen LogP contribution >= 0.6 is 0 Å². The Hall–Kier alpha value is -2.25. The van der Waals surface area contributed by atoms with Gasteiger partial charge in [0.25, 0.3) is 0 Å². The van der Waals surface area contributed by atoms with Crippen molar-refractivity contribution >= 4 is 17.7 Å². The van der Waals surface area contributed by atoms with E-state index in [-0.39, 0.29) is 43.2 Å². The van der Waals surface area contributed by atoms with Crippen LogP contribution in [0, 0.1) is 17.8 Å². The van der Waals surface area contributed by atoms with E-state index in [0.29, 0.717) is 19.3 Å². The maximum atomic E-state index is 12.2. The number of allylic oxidation sites excluding steroid dienone is 5. The SMILES string of the molecule is CCCCC[C@H](O)/C=C/[C@H]1C(=O)C=C[C@@H]1C/C=C\CCCC(=O)OC[C@@H](O)COC(=O)CCCCCCCCCCC(C)CC. The molecule has 1 aliphatic rings. The first-order valence-electron chi connectivity index (χ1n) is 18.0. The van der Waals surface area contributed by atoms with E-state index in [9.17, 15) is 24.6 Å². The smallest absolute Gasteiger partial charge is 0.305 e. The minimum absolute atomic E-state index is 0.0734. The van der Waals surface area contributed by atoms with Crippen molar-refractivity contribution in [2.24, 2.45) is 17.8 Å². The van der Waals surface area contributed by atoms with E-state index in [4.69, 9.17) is 9.47 Å². The standard InChI is InChI=1S/C38H64O7/c1-4-6-15-22-33(39)26-27-35-32(25-28-36(35)41)21-17-13-14-19-24-38(43)45-30-34(40)29-44-37(42)23-18-12-10-8-7-9-11-16-20-31(3)5-2/h13,17,25-28,31-35,39-40H,4-12,14-16,18-24,29-30H2,1-3H3/b17-13-,27-26+/t31?,32-,33-,34-,35+/m0/s1. The van der Waals surface area contributed by atoms with Crippen LogP contribution in [-0.4, -0.2) is 53.4 Å². The highest BCUT2D eigenvalue weighted by Crippen LogP contribution is 2.27. The van der Waals surface area contributed by atoms with Crippen molar-refractivity contribution in [2.45, 2.75) is 155 Å². The van der Waals surface area contributed by atoms with Gasteiger partial charge in [0.2, 0.25) is 0 Å². The number of carbonyl (C=O) groups is 3. The van der Waals surface area contributed by atoms with Gasteiger partial charge in [-0.15, -0.1) is 0 Å². The van der Waals surface area contributed by atoms with Crippen LogP contribution < -0.4 is 0 Å². The van der Waals surface area contributed by atoms with E-state index in [1.807, 2.05) is 24.3 Å². The maximum Gasteiger partial charge on any atom is 0.305 e. The van der Waals surface area contributed by atoms with Gasteiger partial charge in [0, 0.05) is 18.8 Å². The molecular formula is C38H64O7. The Balaban J connectivity index is 2.05. The number of esters is 2. The molecule has 7 heteroatoms. The molecule has 0 amide bonds. The highest BCUT2D eigenvalue weighted by molar-refractivity contribution is 5.95. The van der Waals surface area contributed by atoms with Gasteiger partial charge >= 0.3 is 11.9 Å². The van der Waals surface area contributed by atoms with Gasteiger partial charge in [0.1, 0.15) is 19.3 Å². The lowest BCUT2D eigenvalue weighted by Crippen LogP contribution is -2.25. The van der Waals surface area contributed by atoms with E-state index in [1.165, 1.54) is 44.9 Å². The Morgan fingerprint density at radius 1 is 0.822 bits per heavy atom. The zero-order chi connectivity index (χ0) is 33.1. The molecule has 0 aliphatic heterocycles. The average molecular weight is 633 g/mol. The van der Waals surface area contributed by atoms with Crippen LogP contribution in [0.15, 0.2) is 36.5 Å². The summed E-state index contributed by atoms with van der Waals surface area (Å²) in [4.78, 5) is 36.2. The summed E-state index contributed by atoms with van der Waals surface area (Å²) in [5.41, 5.74) is 0. The Kier molecular flexibility index (Phi) is 24.4. The minimum atomic E-state index is -1.03. The number of unbranched alkanes of at least 4 members (excludes halogenated alkanes) is 10. The predicted molar refractivity (Wildman–Crippen MR) is 182 cm³/mol. The third-order valence-corrected chi connectivity index (χ3v) is 8.67. The van der Waals surface area contributed by atoms with Crippen molar-refractivity contribution < 1.29 is 34.1 Å². The van der Waals surface area contributed by atoms with Gasteiger partial charge in [-0.3, -0.25) is 14.4 Å². The quantitative estimate of drug-likeness (QED) is 0.0507. The number of hydrogen-bond acceptors (Lipinski definition) is 7. The van der Waals surface area contributed by atoms with E-state index in [1.54, 1.807) is 12.2 Å². The highest BCUT2D eigenvalue weighted by atomic mass is 16.6. The molecule has 0 radical (unpaired) electrons. The van der Waals surface area contributed by atoms with Crippen LogP contribution in [0.5, 0.6) is 0 Å². The highest BCUT2D eigenvalue weighted by Gasteiger charge is 2.26. The maximum absolute atomic E-state index is 12.2. The zero-order valence-electron chi connectivity index (χ0n) is 28.6. The fourth-order valence-electron chi connectivity index (χ4n) is 5.40. The fourth-order valence-corrected chi connectivity index (χ4v) is 5.40. The second-order valence-electron chi connectivity index (χ2n) is 12.9. The van der Waals surface area contributed by atoms with Crippen LogP contribution in [0.4, 0.5) is 0 Å². The molecule has 0 saturated heterocycles. The van der Waals surface area contributed by atoms with Crippen LogP contribution in [0.25, 0.3) is 0 Å². The molecule has 2 N–H and O–H groups in total. The lowest BCUT2D eigenvalue weighted by atomic mass is 9.90. The first-order chi connectivity index (χ1) is 21.8.